The van der Waals surface area contributed by atoms with Crippen molar-refractivity contribution < 1.29 is 14.1 Å². The van der Waals surface area contributed by atoms with Crippen molar-refractivity contribution in [3.8, 4) is 0 Å². The Balaban J connectivity index is 2.56. The van der Waals surface area contributed by atoms with Gasteiger partial charge in [0.1, 0.15) is 5.60 Å². The maximum Gasteiger partial charge on any atom is 0.408 e. The van der Waals surface area contributed by atoms with Crippen LogP contribution in [0, 0.1) is 0 Å². The second-order valence-corrected chi connectivity index (χ2v) is 8.58. The molecule has 0 aliphatic heterocycles. The minimum atomic E-state index is -0.552. The zero-order valence-electron chi connectivity index (χ0n) is 18.5. The van der Waals surface area contributed by atoms with Crippen LogP contribution in [0.3, 0.4) is 0 Å². The fourth-order valence-electron chi connectivity index (χ4n) is 2.13. The first kappa shape index (κ1) is 23.7. The molecule has 0 radical (unpaired) electrons. The molecule has 0 saturated heterocycles. The summed E-state index contributed by atoms with van der Waals surface area (Å²) in [5, 5.41) is 13.2. The van der Waals surface area contributed by atoms with E-state index in [1.54, 1.807) is 0 Å². The van der Waals surface area contributed by atoms with Crippen molar-refractivity contribution >= 4 is 12.1 Å². The van der Waals surface area contributed by atoms with Gasteiger partial charge in [-0.2, -0.15) is 4.98 Å². The maximum absolute atomic E-state index is 12.0. The number of guanidine groups is 1. The van der Waals surface area contributed by atoms with Gasteiger partial charge in [-0.1, -0.05) is 19.0 Å². The Bertz CT molecular complexity index is 646. The van der Waals surface area contributed by atoms with Crippen molar-refractivity contribution in [2.45, 2.75) is 78.9 Å². The highest BCUT2D eigenvalue weighted by atomic mass is 16.6. The van der Waals surface area contributed by atoms with E-state index < -0.39 is 17.2 Å². The minimum absolute atomic E-state index is 0.240. The minimum Gasteiger partial charge on any atom is -0.444 e. The quantitative estimate of drug-likeness (QED) is 0.457. The lowest BCUT2D eigenvalue weighted by Crippen LogP contribution is -2.49. The van der Waals surface area contributed by atoms with Crippen LogP contribution >= 0.6 is 0 Å². The molecule has 1 aromatic rings. The molecule has 9 heteroatoms. The van der Waals surface area contributed by atoms with Gasteiger partial charge in [0, 0.05) is 25.4 Å². The van der Waals surface area contributed by atoms with E-state index in [0.29, 0.717) is 37.2 Å². The summed E-state index contributed by atoms with van der Waals surface area (Å²) in [6.45, 7) is 17.1. The fraction of sp³-hybridized carbons (Fsp3) is 0.789. The van der Waals surface area contributed by atoms with Gasteiger partial charge < -0.3 is 25.2 Å². The van der Waals surface area contributed by atoms with Gasteiger partial charge in [0.2, 0.25) is 5.89 Å². The van der Waals surface area contributed by atoms with Crippen LogP contribution < -0.4 is 16.0 Å². The van der Waals surface area contributed by atoms with E-state index in [-0.39, 0.29) is 5.92 Å². The van der Waals surface area contributed by atoms with Crippen molar-refractivity contribution in [3.63, 3.8) is 0 Å². The van der Waals surface area contributed by atoms with Crippen molar-refractivity contribution in [3.05, 3.63) is 11.7 Å². The van der Waals surface area contributed by atoms with Crippen molar-refractivity contribution in [1.82, 2.24) is 26.1 Å². The highest BCUT2D eigenvalue weighted by Crippen LogP contribution is 2.10. The van der Waals surface area contributed by atoms with E-state index in [1.807, 2.05) is 55.4 Å². The normalized spacial score (nSPS) is 12.8. The van der Waals surface area contributed by atoms with E-state index in [0.717, 1.165) is 6.54 Å². The number of nitrogens with zero attached hydrogens (tertiary/aromatic N) is 3. The van der Waals surface area contributed by atoms with Crippen LogP contribution in [0.1, 0.15) is 73.0 Å². The summed E-state index contributed by atoms with van der Waals surface area (Å²) in [5.41, 5.74) is -1.09. The molecule has 0 spiro atoms. The van der Waals surface area contributed by atoms with Gasteiger partial charge in [-0.15, -0.1) is 0 Å². The Kier molecular flexibility index (Phi) is 8.71. The Labute approximate surface area is 168 Å². The second kappa shape index (κ2) is 10.3. The van der Waals surface area contributed by atoms with E-state index >= 15 is 0 Å². The number of hydrogen-bond acceptors (Lipinski definition) is 6. The number of hydrogen-bond donors (Lipinski definition) is 3. The molecule has 0 aromatic carbocycles. The first-order valence-electron chi connectivity index (χ1n) is 9.77. The van der Waals surface area contributed by atoms with Gasteiger partial charge in [-0.25, -0.2) is 4.79 Å². The Morgan fingerprint density at radius 3 is 2.43 bits per heavy atom. The Morgan fingerprint density at radius 2 is 1.89 bits per heavy atom. The SMILES string of the molecule is CCNC(=NCC(C)(C)NC(=O)OC(C)(C)C)NCCc1nc(C(C)C)no1. The molecule has 0 fully saturated rings. The van der Waals surface area contributed by atoms with Gasteiger partial charge in [0.05, 0.1) is 12.1 Å². The van der Waals surface area contributed by atoms with Crippen LogP contribution in [-0.4, -0.2) is 53.0 Å². The zero-order valence-corrected chi connectivity index (χ0v) is 18.5. The first-order valence-corrected chi connectivity index (χ1v) is 9.77. The average Bonchev–Trinajstić information content (AvgIpc) is 2.99. The molecule has 1 aromatic heterocycles. The fourth-order valence-corrected chi connectivity index (χ4v) is 2.13. The van der Waals surface area contributed by atoms with Gasteiger partial charge in [-0.3, -0.25) is 4.99 Å². The molecule has 3 N–H and O–H groups in total. The molecule has 1 rings (SSSR count). The van der Waals surface area contributed by atoms with Gasteiger partial charge >= 0.3 is 6.09 Å². The van der Waals surface area contributed by atoms with Crippen molar-refractivity contribution in [2.24, 2.45) is 4.99 Å². The number of amides is 1. The molecule has 1 amide bonds. The van der Waals surface area contributed by atoms with Crippen molar-refractivity contribution in [1.29, 1.82) is 0 Å². The molecule has 0 aliphatic rings. The number of carbonyl (C=O) groups is 1. The zero-order chi connectivity index (χ0) is 21.4. The third-order valence-corrected chi connectivity index (χ3v) is 3.45. The highest BCUT2D eigenvalue weighted by Gasteiger charge is 2.24. The number of aliphatic imine (C=N–C) groups is 1. The largest absolute Gasteiger partial charge is 0.444 e. The van der Waals surface area contributed by atoms with E-state index in [2.05, 4.69) is 31.1 Å². The standard InChI is InChI=1S/C19H36N6O3/c1-9-20-16(21-11-10-14-23-15(13(2)3)25-28-14)22-12-19(7,8)24-17(26)27-18(4,5)6/h13H,9-12H2,1-8H3,(H,24,26)(H2,20,21,22). The molecule has 160 valence electrons. The highest BCUT2D eigenvalue weighted by molar-refractivity contribution is 5.79. The predicted octanol–water partition coefficient (Wildman–Crippen LogP) is 2.59. The van der Waals surface area contributed by atoms with Crippen molar-refractivity contribution in [2.75, 3.05) is 19.6 Å². The smallest absolute Gasteiger partial charge is 0.408 e. The molecule has 28 heavy (non-hydrogen) atoms. The molecule has 0 bridgehead atoms. The third kappa shape index (κ3) is 9.57. The Hall–Kier alpha value is -2.32. The van der Waals surface area contributed by atoms with Crippen LogP contribution in [0.25, 0.3) is 0 Å². The summed E-state index contributed by atoms with van der Waals surface area (Å²) >= 11 is 0. The summed E-state index contributed by atoms with van der Waals surface area (Å²) in [4.78, 5) is 20.9. The lowest BCUT2D eigenvalue weighted by molar-refractivity contribution is 0.0476. The number of ether oxygens (including phenoxy) is 1. The summed E-state index contributed by atoms with van der Waals surface area (Å²) in [5.74, 6) is 2.21. The molecular formula is C19H36N6O3. The Morgan fingerprint density at radius 1 is 1.21 bits per heavy atom. The molecule has 0 aliphatic carbocycles. The lowest BCUT2D eigenvalue weighted by Gasteiger charge is -2.27. The molecule has 0 atom stereocenters. The molecule has 0 saturated carbocycles. The number of alkyl carbamates (subject to hydrolysis) is 1. The van der Waals surface area contributed by atoms with E-state index in [4.69, 9.17) is 9.26 Å². The average molecular weight is 397 g/mol. The van der Waals surface area contributed by atoms with E-state index in [9.17, 15) is 4.79 Å². The number of aromatic nitrogens is 2. The summed E-state index contributed by atoms with van der Waals surface area (Å²) in [6, 6.07) is 0. The third-order valence-electron chi connectivity index (χ3n) is 3.45. The van der Waals surface area contributed by atoms with Crippen LogP contribution in [0.5, 0.6) is 0 Å². The summed E-state index contributed by atoms with van der Waals surface area (Å²) < 4.78 is 10.6. The van der Waals surface area contributed by atoms with Crippen LogP contribution in [0.15, 0.2) is 9.52 Å². The van der Waals surface area contributed by atoms with Gasteiger partial charge in [0.25, 0.3) is 0 Å². The predicted molar refractivity (Wildman–Crippen MR) is 110 cm³/mol. The summed E-state index contributed by atoms with van der Waals surface area (Å²) in [6.07, 6.45) is 0.145. The lowest BCUT2D eigenvalue weighted by atomic mass is 10.1. The molecule has 9 nitrogen and oxygen atoms in total. The molecular weight excluding hydrogens is 360 g/mol. The molecule has 1 heterocycles. The second-order valence-electron chi connectivity index (χ2n) is 8.58. The first-order chi connectivity index (χ1) is 12.9. The topological polar surface area (TPSA) is 114 Å². The molecule has 0 unspecified atom stereocenters. The monoisotopic (exact) mass is 396 g/mol. The summed E-state index contributed by atoms with van der Waals surface area (Å²) in [7, 11) is 0. The number of carbonyl (C=O) groups excluding carboxylic acids is 1. The van der Waals surface area contributed by atoms with Gasteiger partial charge in [-0.05, 0) is 41.5 Å². The van der Waals surface area contributed by atoms with Gasteiger partial charge in [0.15, 0.2) is 11.8 Å². The van der Waals surface area contributed by atoms with Crippen LogP contribution in [-0.2, 0) is 11.2 Å². The maximum atomic E-state index is 12.0. The van der Waals surface area contributed by atoms with E-state index in [1.165, 1.54) is 0 Å². The van der Waals surface area contributed by atoms with Crippen LogP contribution in [0.2, 0.25) is 0 Å². The number of nitrogens with one attached hydrogen (secondary N) is 3. The number of rotatable bonds is 8. The van der Waals surface area contributed by atoms with Crippen LogP contribution in [0.4, 0.5) is 4.79 Å².